The minimum atomic E-state index is -0.783. The molecule has 6 heteroatoms. The van der Waals surface area contributed by atoms with E-state index >= 15 is 0 Å². The lowest BCUT2D eigenvalue weighted by molar-refractivity contribution is -0.188. The summed E-state index contributed by atoms with van der Waals surface area (Å²) < 4.78 is 10.7. The first-order chi connectivity index (χ1) is 14.6. The molecule has 0 saturated heterocycles. The maximum absolute atomic E-state index is 12.2. The van der Waals surface area contributed by atoms with E-state index in [2.05, 4.69) is 13.8 Å². The molecule has 8 unspecified atom stereocenters. The number of allylic oxidation sites excluding steroid dienone is 1. The molecule has 5 rings (SSSR count). The number of fused-ring (bicyclic) bond motifs is 5. The van der Waals surface area contributed by atoms with Crippen molar-refractivity contribution in [2.45, 2.75) is 83.5 Å². The molecule has 0 bridgehead atoms. The SMILES string of the molecule is CC(=O)OC1CC2(C)C(=CC1O)CCC1C2CCC2(C)C(C3=CC(=O)OC3)CCC12O. The van der Waals surface area contributed by atoms with Crippen molar-refractivity contribution in [1.29, 1.82) is 0 Å². The Morgan fingerprint density at radius 2 is 1.97 bits per heavy atom. The minimum Gasteiger partial charge on any atom is -0.459 e. The smallest absolute Gasteiger partial charge is 0.331 e. The van der Waals surface area contributed by atoms with Gasteiger partial charge in [-0.1, -0.05) is 25.5 Å². The van der Waals surface area contributed by atoms with Crippen LogP contribution in [0.3, 0.4) is 0 Å². The summed E-state index contributed by atoms with van der Waals surface area (Å²) in [5, 5.41) is 22.8. The van der Waals surface area contributed by atoms with Gasteiger partial charge >= 0.3 is 11.9 Å². The summed E-state index contributed by atoms with van der Waals surface area (Å²) in [5.74, 6) is -0.0147. The lowest BCUT2D eigenvalue weighted by Gasteiger charge is -2.62. The monoisotopic (exact) mass is 430 g/mol. The van der Waals surface area contributed by atoms with Gasteiger partial charge in [0.1, 0.15) is 18.8 Å². The average molecular weight is 431 g/mol. The third-order valence-corrected chi connectivity index (χ3v) is 9.75. The fraction of sp³-hybridized carbons (Fsp3) is 0.760. The number of hydrogen-bond donors (Lipinski definition) is 2. The molecule has 170 valence electrons. The third kappa shape index (κ3) is 2.90. The van der Waals surface area contributed by atoms with E-state index in [0.29, 0.717) is 13.0 Å². The molecule has 0 aromatic rings. The number of ether oxygens (including phenoxy) is 2. The molecule has 0 aromatic carbocycles. The Kier molecular flexibility index (Phi) is 4.73. The van der Waals surface area contributed by atoms with Gasteiger partial charge in [0.05, 0.1) is 5.60 Å². The molecule has 3 saturated carbocycles. The van der Waals surface area contributed by atoms with Crippen LogP contribution in [0, 0.1) is 28.6 Å². The van der Waals surface area contributed by atoms with E-state index in [1.54, 1.807) is 6.08 Å². The molecule has 2 N–H and O–H groups in total. The lowest BCUT2D eigenvalue weighted by Crippen LogP contribution is -2.61. The first kappa shape index (κ1) is 21.2. The van der Waals surface area contributed by atoms with Crippen LogP contribution >= 0.6 is 0 Å². The highest BCUT2D eigenvalue weighted by Gasteiger charge is 2.67. The largest absolute Gasteiger partial charge is 0.459 e. The van der Waals surface area contributed by atoms with Gasteiger partial charge in [-0.05, 0) is 73.7 Å². The standard InChI is InChI=1S/C25H34O6/c1-14(26)31-21-12-23(2)16(11-20(21)27)4-5-19-18(23)6-8-24(3)17(7-9-25(19,24)29)15-10-22(28)30-13-15/h10-11,17-21,27,29H,4-9,12-13H2,1-3H3. The van der Waals surface area contributed by atoms with Gasteiger partial charge in [-0.2, -0.15) is 0 Å². The summed E-state index contributed by atoms with van der Waals surface area (Å²) >= 11 is 0. The van der Waals surface area contributed by atoms with Crippen molar-refractivity contribution in [3.63, 3.8) is 0 Å². The molecular weight excluding hydrogens is 396 g/mol. The molecule has 1 aliphatic heterocycles. The van der Waals surface area contributed by atoms with Gasteiger partial charge in [0.15, 0.2) is 0 Å². The zero-order valence-electron chi connectivity index (χ0n) is 18.7. The highest BCUT2D eigenvalue weighted by atomic mass is 16.6. The van der Waals surface area contributed by atoms with Gasteiger partial charge in [-0.3, -0.25) is 4.79 Å². The molecule has 5 aliphatic rings. The molecule has 0 aromatic heterocycles. The topological polar surface area (TPSA) is 93.1 Å². The first-order valence-electron chi connectivity index (χ1n) is 11.7. The number of hydrogen-bond acceptors (Lipinski definition) is 6. The number of esters is 2. The van der Waals surface area contributed by atoms with Crippen molar-refractivity contribution in [2.24, 2.45) is 28.6 Å². The predicted octanol–water partition coefficient (Wildman–Crippen LogP) is 3.07. The fourth-order valence-corrected chi connectivity index (χ4v) is 8.21. The zero-order valence-corrected chi connectivity index (χ0v) is 18.7. The zero-order chi connectivity index (χ0) is 22.2. The number of rotatable bonds is 2. The van der Waals surface area contributed by atoms with Gasteiger partial charge in [-0.25, -0.2) is 4.79 Å². The molecule has 6 nitrogen and oxygen atoms in total. The van der Waals surface area contributed by atoms with Crippen molar-refractivity contribution in [2.75, 3.05) is 6.61 Å². The molecule has 4 aliphatic carbocycles. The van der Waals surface area contributed by atoms with E-state index in [4.69, 9.17) is 9.47 Å². The lowest BCUT2D eigenvalue weighted by atomic mass is 9.45. The summed E-state index contributed by atoms with van der Waals surface area (Å²) in [6.07, 6.45) is 8.13. The normalized spacial score (nSPS) is 48.7. The second-order valence-corrected chi connectivity index (χ2v) is 11.0. The second kappa shape index (κ2) is 6.92. The van der Waals surface area contributed by atoms with E-state index in [-0.39, 0.29) is 40.5 Å². The number of cyclic esters (lactones) is 1. The maximum Gasteiger partial charge on any atom is 0.331 e. The van der Waals surface area contributed by atoms with Crippen LogP contribution in [-0.2, 0) is 19.1 Å². The summed E-state index contributed by atoms with van der Waals surface area (Å²) in [6.45, 7) is 6.19. The Labute approximate surface area is 183 Å². The van der Waals surface area contributed by atoms with Crippen molar-refractivity contribution < 1.29 is 29.3 Å². The number of aliphatic hydroxyl groups excluding tert-OH is 1. The molecule has 0 spiro atoms. The number of aliphatic hydroxyl groups is 2. The minimum absolute atomic E-state index is 0.158. The quantitative estimate of drug-likeness (QED) is 0.517. The highest BCUT2D eigenvalue weighted by molar-refractivity contribution is 5.85. The molecular formula is C25H34O6. The summed E-state index contributed by atoms with van der Waals surface area (Å²) in [4.78, 5) is 23.3. The van der Waals surface area contributed by atoms with Crippen LogP contribution in [0.15, 0.2) is 23.3 Å². The summed E-state index contributed by atoms with van der Waals surface area (Å²) in [6, 6.07) is 0. The van der Waals surface area contributed by atoms with Crippen LogP contribution in [0.5, 0.6) is 0 Å². The number of carbonyl (C=O) groups excluding carboxylic acids is 2. The van der Waals surface area contributed by atoms with Crippen LogP contribution < -0.4 is 0 Å². The first-order valence-corrected chi connectivity index (χ1v) is 11.7. The van der Waals surface area contributed by atoms with Crippen LogP contribution in [0.1, 0.15) is 65.7 Å². The predicted molar refractivity (Wildman–Crippen MR) is 113 cm³/mol. The van der Waals surface area contributed by atoms with E-state index in [1.807, 2.05) is 6.08 Å². The van der Waals surface area contributed by atoms with Gasteiger partial charge < -0.3 is 19.7 Å². The molecule has 1 heterocycles. The van der Waals surface area contributed by atoms with E-state index in [0.717, 1.165) is 44.1 Å². The third-order valence-electron chi connectivity index (χ3n) is 9.75. The van der Waals surface area contributed by atoms with Crippen molar-refractivity contribution >= 4 is 11.9 Å². The fourth-order valence-electron chi connectivity index (χ4n) is 8.21. The van der Waals surface area contributed by atoms with Crippen LogP contribution in [0.4, 0.5) is 0 Å². The van der Waals surface area contributed by atoms with Crippen molar-refractivity contribution in [3.05, 3.63) is 23.3 Å². The van der Waals surface area contributed by atoms with Crippen molar-refractivity contribution in [1.82, 2.24) is 0 Å². The van der Waals surface area contributed by atoms with Gasteiger partial charge in [0.25, 0.3) is 0 Å². The van der Waals surface area contributed by atoms with Crippen LogP contribution in [-0.4, -0.2) is 46.6 Å². The van der Waals surface area contributed by atoms with Gasteiger partial charge in [-0.15, -0.1) is 0 Å². The Hall–Kier alpha value is -1.66. The Balaban J connectivity index is 1.47. The molecule has 0 amide bonds. The molecule has 8 atom stereocenters. The number of carbonyl (C=O) groups is 2. The maximum atomic E-state index is 12.2. The van der Waals surface area contributed by atoms with Crippen LogP contribution in [0.2, 0.25) is 0 Å². The average Bonchev–Trinajstić information content (AvgIpc) is 3.23. The van der Waals surface area contributed by atoms with E-state index < -0.39 is 17.8 Å². The van der Waals surface area contributed by atoms with Gasteiger partial charge in [0.2, 0.25) is 0 Å². The molecule has 3 fully saturated rings. The van der Waals surface area contributed by atoms with Gasteiger partial charge in [0, 0.05) is 18.4 Å². The van der Waals surface area contributed by atoms with E-state index in [1.165, 1.54) is 12.5 Å². The van der Waals surface area contributed by atoms with Crippen LogP contribution in [0.25, 0.3) is 0 Å². The van der Waals surface area contributed by atoms with Crippen molar-refractivity contribution in [3.8, 4) is 0 Å². The van der Waals surface area contributed by atoms with E-state index in [9.17, 15) is 19.8 Å². The molecule has 31 heavy (non-hydrogen) atoms. The second-order valence-electron chi connectivity index (χ2n) is 11.0. The Bertz CT molecular complexity index is 875. The molecule has 0 radical (unpaired) electrons. The Morgan fingerprint density at radius 1 is 1.19 bits per heavy atom. The summed E-state index contributed by atoms with van der Waals surface area (Å²) in [5.41, 5.74) is 1.05. The Morgan fingerprint density at radius 3 is 2.65 bits per heavy atom. The summed E-state index contributed by atoms with van der Waals surface area (Å²) in [7, 11) is 0. The highest BCUT2D eigenvalue weighted by Crippen LogP contribution is 2.69.